The van der Waals surface area contributed by atoms with Crippen molar-refractivity contribution in [2.24, 2.45) is 0 Å². The summed E-state index contributed by atoms with van der Waals surface area (Å²) < 4.78 is 17.5. The summed E-state index contributed by atoms with van der Waals surface area (Å²) in [6.45, 7) is 5.60. The summed E-state index contributed by atoms with van der Waals surface area (Å²) in [6, 6.07) is -1.03. The van der Waals surface area contributed by atoms with E-state index in [1.807, 2.05) is 42.5 Å². The highest BCUT2D eigenvalue weighted by Gasteiger charge is 2.47. The Labute approximate surface area is 420 Å². The van der Waals surface area contributed by atoms with Crippen molar-refractivity contribution in [3.8, 4) is 0 Å². The summed E-state index contributed by atoms with van der Waals surface area (Å²) in [7, 11) is 0. The van der Waals surface area contributed by atoms with Crippen LogP contribution in [-0.2, 0) is 23.8 Å². The van der Waals surface area contributed by atoms with E-state index >= 15 is 0 Å². The number of unbranched alkanes of at least 4 members (excludes halogenated alkanes) is 27. The maximum absolute atomic E-state index is 13.4. The van der Waals surface area contributed by atoms with Crippen molar-refractivity contribution in [1.82, 2.24) is 5.32 Å². The third-order valence-corrected chi connectivity index (χ3v) is 13.0. The van der Waals surface area contributed by atoms with Gasteiger partial charge < -0.3 is 45.1 Å². The molecule has 1 rings (SSSR count). The molecular formula is C58H103NO10. The Morgan fingerprint density at radius 1 is 0.580 bits per heavy atom. The van der Waals surface area contributed by atoms with Gasteiger partial charge >= 0.3 is 5.97 Å². The summed E-state index contributed by atoms with van der Waals surface area (Å²) in [4.78, 5) is 26.4. The van der Waals surface area contributed by atoms with Gasteiger partial charge in [-0.05, 0) is 44.9 Å². The predicted molar refractivity (Wildman–Crippen MR) is 283 cm³/mol. The molecule has 0 aromatic rings. The molecule has 0 aromatic carbocycles. The lowest BCUT2D eigenvalue weighted by atomic mass is 9.99. The SMILES string of the molecule is CC/C=C/C=C/C=C\C=C/CCCCCC(=O)OC1C(OCC(NC(=O)C(O)CCCCCCCCCCCCCCCCCC)C(O)/C=C/CCCCCCCCCCC)OC(CO)C(O)C1O. The molecule has 11 nitrogen and oxygen atoms in total. The van der Waals surface area contributed by atoms with Crippen LogP contribution in [0.2, 0.25) is 0 Å². The smallest absolute Gasteiger partial charge is 0.306 e. The molecule has 69 heavy (non-hydrogen) atoms. The second kappa shape index (κ2) is 46.4. The van der Waals surface area contributed by atoms with Crippen molar-refractivity contribution < 1.29 is 49.3 Å². The fourth-order valence-electron chi connectivity index (χ4n) is 8.54. The van der Waals surface area contributed by atoms with Crippen LogP contribution in [-0.4, -0.2) is 99.6 Å². The zero-order valence-corrected chi connectivity index (χ0v) is 43.9. The van der Waals surface area contributed by atoms with E-state index in [2.05, 4.69) is 38.2 Å². The molecule has 0 saturated carbocycles. The summed E-state index contributed by atoms with van der Waals surface area (Å²) >= 11 is 0. The largest absolute Gasteiger partial charge is 0.454 e. The molecule has 0 spiro atoms. The number of esters is 1. The Balaban J connectivity index is 2.75. The number of hydrogen-bond acceptors (Lipinski definition) is 10. The monoisotopic (exact) mass is 974 g/mol. The number of carbonyl (C=O) groups excluding carboxylic acids is 2. The first-order chi connectivity index (χ1) is 33.7. The van der Waals surface area contributed by atoms with Crippen LogP contribution in [0.3, 0.4) is 0 Å². The fourth-order valence-corrected chi connectivity index (χ4v) is 8.54. The molecule has 400 valence electrons. The van der Waals surface area contributed by atoms with Crippen LogP contribution in [0.1, 0.15) is 233 Å². The van der Waals surface area contributed by atoms with Gasteiger partial charge in [0.2, 0.25) is 5.91 Å². The molecule has 0 aliphatic carbocycles. The van der Waals surface area contributed by atoms with Crippen molar-refractivity contribution >= 4 is 11.9 Å². The molecule has 1 aliphatic rings. The lowest BCUT2D eigenvalue weighted by Gasteiger charge is -2.41. The average molecular weight is 974 g/mol. The first-order valence-corrected chi connectivity index (χ1v) is 28.1. The molecule has 1 aliphatic heterocycles. The number of carbonyl (C=O) groups is 2. The van der Waals surface area contributed by atoms with Gasteiger partial charge in [-0.25, -0.2) is 0 Å². The second-order valence-electron chi connectivity index (χ2n) is 19.4. The maximum Gasteiger partial charge on any atom is 0.306 e. The molecule has 8 unspecified atom stereocenters. The number of amides is 1. The van der Waals surface area contributed by atoms with Crippen LogP contribution in [0, 0.1) is 0 Å². The van der Waals surface area contributed by atoms with Crippen molar-refractivity contribution in [2.75, 3.05) is 13.2 Å². The Morgan fingerprint density at radius 3 is 1.57 bits per heavy atom. The molecule has 0 aromatic heterocycles. The van der Waals surface area contributed by atoms with Gasteiger partial charge in [-0.15, -0.1) is 0 Å². The fraction of sp³-hybridized carbons (Fsp3) is 0.793. The lowest BCUT2D eigenvalue weighted by molar-refractivity contribution is -0.305. The number of aliphatic hydroxyl groups excluding tert-OH is 5. The summed E-state index contributed by atoms with van der Waals surface area (Å²) in [5.41, 5.74) is 0. The second-order valence-corrected chi connectivity index (χ2v) is 19.4. The van der Waals surface area contributed by atoms with E-state index in [1.54, 1.807) is 6.08 Å². The average Bonchev–Trinajstić information content (AvgIpc) is 3.34. The minimum absolute atomic E-state index is 0.0770. The van der Waals surface area contributed by atoms with Crippen molar-refractivity contribution in [2.45, 2.75) is 282 Å². The van der Waals surface area contributed by atoms with Crippen LogP contribution in [0.5, 0.6) is 0 Å². The third kappa shape index (κ3) is 35.2. The Kier molecular flexibility index (Phi) is 43.3. The molecule has 11 heteroatoms. The van der Waals surface area contributed by atoms with Gasteiger partial charge in [0.05, 0.1) is 25.4 Å². The van der Waals surface area contributed by atoms with Crippen LogP contribution < -0.4 is 5.32 Å². The molecular weight excluding hydrogens is 871 g/mol. The highest BCUT2D eigenvalue weighted by molar-refractivity contribution is 5.80. The zero-order chi connectivity index (χ0) is 50.4. The predicted octanol–water partition coefficient (Wildman–Crippen LogP) is 12.3. The number of allylic oxidation sites excluding steroid dienone is 9. The number of hydrogen-bond donors (Lipinski definition) is 6. The molecule has 1 saturated heterocycles. The van der Waals surface area contributed by atoms with E-state index in [4.69, 9.17) is 14.2 Å². The molecule has 8 atom stereocenters. The summed E-state index contributed by atoms with van der Waals surface area (Å²) in [5.74, 6) is -1.23. The van der Waals surface area contributed by atoms with Gasteiger partial charge in [-0.2, -0.15) is 0 Å². The minimum Gasteiger partial charge on any atom is -0.454 e. The quantitative estimate of drug-likeness (QED) is 0.0149. The number of rotatable bonds is 46. The minimum atomic E-state index is -1.63. The zero-order valence-electron chi connectivity index (χ0n) is 43.9. The van der Waals surface area contributed by atoms with Gasteiger partial charge in [0.1, 0.15) is 24.4 Å². The van der Waals surface area contributed by atoms with Gasteiger partial charge in [-0.1, -0.05) is 242 Å². The first-order valence-electron chi connectivity index (χ1n) is 28.1. The van der Waals surface area contributed by atoms with E-state index in [-0.39, 0.29) is 19.4 Å². The first kappa shape index (κ1) is 64.4. The Morgan fingerprint density at radius 2 is 1.04 bits per heavy atom. The molecule has 1 fully saturated rings. The van der Waals surface area contributed by atoms with Crippen LogP contribution in [0.25, 0.3) is 0 Å². The van der Waals surface area contributed by atoms with Gasteiger partial charge in [0, 0.05) is 6.42 Å². The number of nitrogens with one attached hydrogen (secondary N) is 1. The number of aliphatic hydroxyl groups is 5. The van der Waals surface area contributed by atoms with Gasteiger partial charge in [0.15, 0.2) is 12.4 Å². The van der Waals surface area contributed by atoms with Crippen molar-refractivity contribution in [3.63, 3.8) is 0 Å². The van der Waals surface area contributed by atoms with Gasteiger partial charge in [-0.3, -0.25) is 9.59 Å². The Hall–Kier alpha value is -2.64. The van der Waals surface area contributed by atoms with Crippen LogP contribution >= 0.6 is 0 Å². The summed E-state index contributed by atoms with van der Waals surface area (Å²) in [5, 5.41) is 56.7. The molecule has 0 bridgehead atoms. The van der Waals surface area contributed by atoms with E-state index < -0.39 is 67.4 Å². The molecule has 0 radical (unpaired) electrons. The van der Waals surface area contributed by atoms with Crippen LogP contribution in [0.4, 0.5) is 0 Å². The van der Waals surface area contributed by atoms with E-state index in [1.165, 1.54) is 122 Å². The standard InChI is InChI=1S/C58H103NO10/c1-4-7-10-13-16-19-22-24-25-26-28-30-33-36-39-42-45-51(62)57(66)59-49(50(61)44-41-38-35-32-29-21-18-15-12-9-6-3)48-67-58-56(55(65)54(64)52(47-60)68-58)69-53(63)46-43-40-37-34-31-27-23-20-17-14-11-8-5-2/h8,11,14,17,20,23,27,31,41,44,49-52,54-56,58,60-62,64-65H,4-7,9-10,12-13,15-16,18-19,21-22,24-26,28-30,32-40,42-43,45-48H2,1-3H3,(H,59,66)/b11-8+,17-14+,23-20-,31-27-,44-41+. The van der Waals surface area contributed by atoms with Gasteiger partial charge in [0.25, 0.3) is 0 Å². The topological polar surface area (TPSA) is 175 Å². The third-order valence-electron chi connectivity index (χ3n) is 13.0. The van der Waals surface area contributed by atoms with Crippen molar-refractivity contribution in [1.29, 1.82) is 0 Å². The highest BCUT2D eigenvalue weighted by atomic mass is 16.7. The van der Waals surface area contributed by atoms with E-state index in [0.717, 1.165) is 64.2 Å². The van der Waals surface area contributed by atoms with Crippen molar-refractivity contribution in [3.05, 3.63) is 60.8 Å². The molecule has 6 N–H and O–H groups in total. The van der Waals surface area contributed by atoms with Crippen LogP contribution in [0.15, 0.2) is 60.8 Å². The summed E-state index contributed by atoms with van der Waals surface area (Å²) in [6.07, 6.45) is 45.6. The normalized spacial score (nSPS) is 20.3. The molecule has 1 heterocycles. The van der Waals surface area contributed by atoms with E-state index in [0.29, 0.717) is 12.8 Å². The molecule has 1 amide bonds. The Bertz CT molecular complexity index is 1350. The maximum atomic E-state index is 13.4. The lowest BCUT2D eigenvalue weighted by Crippen LogP contribution is -2.61. The van der Waals surface area contributed by atoms with E-state index in [9.17, 15) is 35.1 Å². The number of ether oxygens (including phenoxy) is 3. The highest BCUT2D eigenvalue weighted by Crippen LogP contribution is 2.26.